The molecule has 0 saturated carbocycles. The van der Waals surface area contributed by atoms with E-state index < -0.39 is 11.7 Å². The maximum Gasteiger partial charge on any atom is 0.407 e. The first-order chi connectivity index (χ1) is 13.3. The Kier molecular flexibility index (Phi) is 11.1. The number of hydrogen-bond donors (Lipinski definition) is 3. The predicted octanol–water partition coefficient (Wildman–Crippen LogP) is 2.91. The van der Waals surface area contributed by atoms with Crippen molar-refractivity contribution < 1.29 is 9.53 Å². The van der Waals surface area contributed by atoms with Crippen molar-refractivity contribution in [2.24, 2.45) is 4.99 Å². The van der Waals surface area contributed by atoms with E-state index in [0.717, 1.165) is 44.7 Å². The molecule has 0 fully saturated rings. The number of hydrogen-bond acceptors (Lipinski definition) is 4. The molecule has 8 heteroatoms. The van der Waals surface area contributed by atoms with Crippen molar-refractivity contribution in [1.82, 2.24) is 25.7 Å². The van der Waals surface area contributed by atoms with Crippen molar-refractivity contribution in [3.05, 3.63) is 18.5 Å². The van der Waals surface area contributed by atoms with Gasteiger partial charge in [-0.1, -0.05) is 19.8 Å². The minimum Gasteiger partial charge on any atom is -0.444 e. The van der Waals surface area contributed by atoms with E-state index in [-0.39, 0.29) is 6.04 Å². The maximum absolute atomic E-state index is 12.0. The molecule has 160 valence electrons. The summed E-state index contributed by atoms with van der Waals surface area (Å²) in [6, 6.07) is 2.02. The third-order valence-corrected chi connectivity index (χ3v) is 3.86. The first-order valence-corrected chi connectivity index (χ1v) is 10.3. The van der Waals surface area contributed by atoms with Gasteiger partial charge in [0.2, 0.25) is 0 Å². The fourth-order valence-corrected chi connectivity index (χ4v) is 2.57. The van der Waals surface area contributed by atoms with Gasteiger partial charge >= 0.3 is 6.09 Å². The van der Waals surface area contributed by atoms with Crippen LogP contribution in [0.3, 0.4) is 0 Å². The van der Waals surface area contributed by atoms with Crippen LogP contribution in [0.2, 0.25) is 0 Å². The zero-order valence-electron chi connectivity index (χ0n) is 18.1. The lowest BCUT2D eigenvalue weighted by Gasteiger charge is -2.24. The number of alkyl carbamates (subject to hydrolysis) is 1. The molecular formula is C20H38N6O2. The van der Waals surface area contributed by atoms with Crippen LogP contribution in [-0.4, -0.2) is 53.1 Å². The van der Waals surface area contributed by atoms with Crippen LogP contribution in [0.1, 0.15) is 60.3 Å². The number of aromatic nitrogens is 2. The lowest BCUT2D eigenvalue weighted by molar-refractivity contribution is 0.0522. The number of guanidine groups is 1. The summed E-state index contributed by atoms with van der Waals surface area (Å²) < 4.78 is 7.24. The Bertz CT molecular complexity index is 566. The summed E-state index contributed by atoms with van der Waals surface area (Å²) in [6.45, 7) is 12.6. The van der Waals surface area contributed by atoms with E-state index in [9.17, 15) is 4.79 Å². The van der Waals surface area contributed by atoms with Crippen LogP contribution in [0.25, 0.3) is 0 Å². The Morgan fingerprint density at radius 1 is 1.25 bits per heavy atom. The van der Waals surface area contributed by atoms with Gasteiger partial charge in [0.05, 0.1) is 0 Å². The summed E-state index contributed by atoms with van der Waals surface area (Å²) in [4.78, 5) is 16.6. The number of aliphatic imine (C=N–C) groups is 1. The molecule has 28 heavy (non-hydrogen) atoms. The molecule has 1 aromatic rings. The van der Waals surface area contributed by atoms with Crippen molar-refractivity contribution in [2.75, 3.05) is 19.6 Å². The van der Waals surface area contributed by atoms with E-state index in [1.54, 1.807) is 6.20 Å². The molecule has 0 aliphatic heterocycles. The fraction of sp³-hybridized carbons (Fsp3) is 0.750. The van der Waals surface area contributed by atoms with Gasteiger partial charge in [0, 0.05) is 44.6 Å². The molecule has 3 N–H and O–H groups in total. The fourth-order valence-electron chi connectivity index (χ4n) is 2.57. The first kappa shape index (κ1) is 23.8. The van der Waals surface area contributed by atoms with E-state index >= 15 is 0 Å². The van der Waals surface area contributed by atoms with Crippen molar-refractivity contribution in [3.63, 3.8) is 0 Å². The first-order valence-electron chi connectivity index (χ1n) is 10.3. The van der Waals surface area contributed by atoms with Crippen molar-refractivity contribution in [1.29, 1.82) is 0 Å². The molecule has 0 saturated heterocycles. The Morgan fingerprint density at radius 3 is 2.64 bits per heavy atom. The Balaban J connectivity index is 2.54. The van der Waals surface area contributed by atoms with Crippen LogP contribution in [0.4, 0.5) is 4.79 Å². The number of aryl methyl sites for hydroxylation is 1. The topological polar surface area (TPSA) is 92.6 Å². The van der Waals surface area contributed by atoms with Crippen molar-refractivity contribution in [3.8, 4) is 0 Å². The molecule has 1 heterocycles. The quantitative estimate of drug-likeness (QED) is 0.305. The second-order valence-corrected chi connectivity index (χ2v) is 7.75. The van der Waals surface area contributed by atoms with E-state index in [1.807, 2.05) is 44.6 Å². The minimum absolute atomic E-state index is 0.0939. The number of nitrogens with zero attached hydrogens (tertiary/aromatic N) is 3. The van der Waals surface area contributed by atoms with Crippen LogP contribution in [0.15, 0.2) is 23.5 Å². The van der Waals surface area contributed by atoms with Gasteiger partial charge in [0.15, 0.2) is 5.96 Å². The molecule has 0 aromatic carbocycles. The molecular weight excluding hydrogens is 356 g/mol. The standard InChI is InChI=1S/C20H38N6O2/c1-6-8-11-17(16-23-19(27)28-20(3,4)5)25-18(21-7-2)22-12-9-14-26-15-10-13-24-26/h10,13,15,17H,6-9,11-12,14,16H2,1-5H3,(H,23,27)(H2,21,22,25). The van der Waals surface area contributed by atoms with E-state index in [0.29, 0.717) is 13.1 Å². The second kappa shape index (κ2) is 13.0. The number of carbonyl (C=O) groups excluding carboxylic acids is 1. The number of carbonyl (C=O) groups is 1. The van der Waals surface area contributed by atoms with Gasteiger partial charge in [-0.2, -0.15) is 5.10 Å². The summed E-state index contributed by atoms with van der Waals surface area (Å²) >= 11 is 0. The lowest BCUT2D eigenvalue weighted by atomic mass is 10.1. The monoisotopic (exact) mass is 394 g/mol. The molecule has 0 radical (unpaired) electrons. The number of ether oxygens (including phenoxy) is 1. The average molecular weight is 395 g/mol. The highest BCUT2D eigenvalue weighted by Gasteiger charge is 2.18. The van der Waals surface area contributed by atoms with Crippen LogP contribution >= 0.6 is 0 Å². The Morgan fingerprint density at radius 2 is 2.04 bits per heavy atom. The molecule has 0 aliphatic rings. The molecule has 0 aliphatic carbocycles. The third-order valence-electron chi connectivity index (χ3n) is 3.86. The molecule has 0 spiro atoms. The lowest BCUT2D eigenvalue weighted by Crippen LogP contribution is -2.49. The molecule has 1 rings (SSSR count). The smallest absolute Gasteiger partial charge is 0.407 e. The molecule has 1 unspecified atom stereocenters. The van der Waals surface area contributed by atoms with Gasteiger partial charge in [-0.05, 0) is 46.6 Å². The van der Waals surface area contributed by atoms with Gasteiger partial charge in [-0.3, -0.25) is 9.67 Å². The highest BCUT2D eigenvalue weighted by molar-refractivity contribution is 5.80. The Labute approximate surface area is 169 Å². The zero-order chi connectivity index (χ0) is 20.8. The highest BCUT2D eigenvalue weighted by atomic mass is 16.6. The van der Waals surface area contributed by atoms with E-state index in [2.05, 4.69) is 33.0 Å². The largest absolute Gasteiger partial charge is 0.444 e. The second-order valence-electron chi connectivity index (χ2n) is 7.75. The third kappa shape index (κ3) is 11.5. The van der Waals surface area contributed by atoms with Crippen LogP contribution in [0, 0.1) is 0 Å². The van der Waals surface area contributed by atoms with Crippen molar-refractivity contribution >= 4 is 12.1 Å². The summed E-state index contributed by atoms with van der Waals surface area (Å²) in [5, 5.41) is 13.8. The summed E-state index contributed by atoms with van der Waals surface area (Å²) in [7, 11) is 0. The van der Waals surface area contributed by atoms with Gasteiger partial charge < -0.3 is 20.7 Å². The van der Waals surface area contributed by atoms with Gasteiger partial charge in [-0.25, -0.2) is 4.79 Å². The number of amides is 1. The van der Waals surface area contributed by atoms with Gasteiger partial charge in [0.25, 0.3) is 0 Å². The normalized spacial score (nSPS) is 13.1. The summed E-state index contributed by atoms with van der Waals surface area (Å²) in [6.07, 6.45) is 7.38. The SMILES string of the molecule is CCCCC(CNC(=O)OC(C)(C)C)NC(=NCCCn1cccn1)NCC. The molecule has 1 aromatic heterocycles. The van der Waals surface area contributed by atoms with E-state index in [4.69, 9.17) is 4.74 Å². The van der Waals surface area contributed by atoms with Gasteiger partial charge in [-0.15, -0.1) is 0 Å². The zero-order valence-corrected chi connectivity index (χ0v) is 18.1. The molecule has 1 atom stereocenters. The molecule has 1 amide bonds. The number of rotatable bonds is 11. The van der Waals surface area contributed by atoms with Crippen LogP contribution < -0.4 is 16.0 Å². The highest BCUT2D eigenvalue weighted by Crippen LogP contribution is 2.07. The Hall–Kier alpha value is -2.25. The minimum atomic E-state index is -0.499. The number of nitrogens with one attached hydrogen (secondary N) is 3. The summed E-state index contributed by atoms with van der Waals surface area (Å²) in [5.41, 5.74) is -0.499. The average Bonchev–Trinajstić information content (AvgIpc) is 3.13. The summed E-state index contributed by atoms with van der Waals surface area (Å²) in [5.74, 6) is 0.773. The van der Waals surface area contributed by atoms with Gasteiger partial charge in [0.1, 0.15) is 5.60 Å². The van der Waals surface area contributed by atoms with Crippen LogP contribution in [0.5, 0.6) is 0 Å². The number of unbranched alkanes of at least 4 members (excludes halogenated alkanes) is 1. The van der Waals surface area contributed by atoms with Crippen molar-refractivity contribution in [2.45, 2.75) is 78.5 Å². The van der Waals surface area contributed by atoms with Crippen LogP contribution in [-0.2, 0) is 11.3 Å². The maximum atomic E-state index is 12.0. The molecule has 0 bridgehead atoms. The molecule has 8 nitrogen and oxygen atoms in total. The predicted molar refractivity (Wildman–Crippen MR) is 114 cm³/mol. The van der Waals surface area contributed by atoms with E-state index in [1.165, 1.54) is 0 Å².